The van der Waals surface area contributed by atoms with E-state index in [1.165, 1.54) is 6.33 Å². The third kappa shape index (κ3) is 2.99. The molecule has 106 valence electrons. The average Bonchev–Trinajstić information content (AvgIpc) is 2.87. The summed E-state index contributed by atoms with van der Waals surface area (Å²) in [6.45, 7) is 4.66. The van der Waals surface area contributed by atoms with E-state index in [0.29, 0.717) is 24.0 Å². The summed E-state index contributed by atoms with van der Waals surface area (Å²) in [5, 5.41) is 4.68. The number of rotatable bonds is 5. The van der Waals surface area contributed by atoms with Gasteiger partial charge in [-0.25, -0.2) is 9.67 Å². The standard InChI is InChI=1S/C14H16ClN3O2/c1-3-18-13(16-9-17-18)12(14(19)20-4-2)10-6-5-7-11(15)8-10/h5-9,12H,3-4H2,1-2H3. The topological polar surface area (TPSA) is 57.0 Å². The van der Waals surface area contributed by atoms with Crippen molar-refractivity contribution in [3.05, 3.63) is 47.0 Å². The van der Waals surface area contributed by atoms with Crippen LogP contribution in [-0.2, 0) is 16.1 Å². The lowest BCUT2D eigenvalue weighted by Crippen LogP contribution is -2.21. The number of carbonyl (C=O) groups excluding carboxylic acids is 1. The number of hydrogen-bond donors (Lipinski definition) is 0. The Kier molecular flexibility index (Phi) is 4.74. The molecule has 1 heterocycles. The lowest BCUT2D eigenvalue weighted by molar-refractivity contribution is -0.144. The van der Waals surface area contributed by atoms with Crippen LogP contribution in [0.3, 0.4) is 0 Å². The Balaban J connectivity index is 2.47. The van der Waals surface area contributed by atoms with E-state index in [9.17, 15) is 4.79 Å². The van der Waals surface area contributed by atoms with Crippen molar-refractivity contribution in [1.29, 1.82) is 0 Å². The van der Waals surface area contributed by atoms with Gasteiger partial charge in [-0.2, -0.15) is 5.10 Å². The van der Waals surface area contributed by atoms with Crippen LogP contribution in [0.4, 0.5) is 0 Å². The van der Waals surface area contributed by atoms with Crippen LogP contribution in [0, 0.1) is 0 Å². The summed E-state index contributed by atoms with van der Waals surface area (Å²) < 4.78 is 6.84. The Hall–Kier alpha value is -1.88. The summed E-state index contributed by atoms with van der Waals surface area (Å²) in [6, 6.07) is 7.15. The minimum Gasteiger partial charge on any atom is -0.465 e. The van der Waals surface area contributed by atoms with Gasteiger partial charge >= 0.3 is 5.97 Å². The first-order valence-electron chi connectivity index (χ1n) is 6.47. The molecule has 0 bridgehead atoms. The molecule has 0 radical (unpaired) electrons. The smallest absolute Gasteiger partial charge is 0.321 e. The van der Waals surface area contributed by atoms with Gasteiger partial charge in [0.2, 0.25) is 0 Å². The highest BCUT2D eigenvalue weighted by atomic mass is 35.5. The number of hydrogen-bond acceptors (Lipinski definition) is 4. The van der Waals surface area contributed by atoms with Gasteiger partial charge in [-0.1, -0.05) is 23.7 Å². The molecule has 2 rings (SSSR count). The van der Waals surface area contributed by atoms with Crippen LogP contribution >= 0.6 is 11.6 Å². The van der Waals surface area contributed by atoms with Crippen molar-refractivity contribution in [2.45, 2.75) is 26.3 Å². The third-order valence-corrected chi connectivity index (χ3v) is 3.14. The molecular formula is C14H16ClN3O2. The van der Waals surface area contributed by atoms with Crippen LogP contribution in [0.15, 0.2) is 30.6 Å². The molecule has 0 saturated carbocycles. The summed E-state index contributed by atoms with van der Waals surface area (Å²) in [5.74, 6) is -0.401. The molecule has 0 fully saturated rings. The number of esters is 1. The van der Waals surface area contributed by atoms with Crippen LogP contribution < -0.4 is 0 Å². The van der Waals surface area contributed by atoms with Gasteiger partial charge in [0.05, 0.1) is 6.61 Å². The number of halogens is 1. The fourth-order valence-corrected chi connectivity index (χ4v) is 2.24. The van der Waals surface area contributed by atoms with E-state index in [2.05, 4.69) is 10.1 Å². The normalized spacial score (nSPS) is 12.2. The molecule has 6 heteroatoms. The number of carbonyl (C=O) groups is 1. The van der Waals surface area contributed by atoms with Gasteiger partial charge in [-0.3, -0.25) is 4.79 Å². The molecule has 1 aromatic carbocycles. The molecule has 1 unspecified atom stereocenters. The van der Waals surface area contributed by atoms with Gasteiger partial charge in [-0.15, -0.1) is 0 Å². The molecule has 0 amide bonds. The van der Waals surface area contributed by atoms with Crippen molar-refractivity contribution in [2.75, 3.05) is 6.61 Å². The van der Waals surface area contributed by atoms with Crippen LogP contribution in [0.5, 0.6) is 0 Å². The predicted octanol–water partition coefficient (Wildman–Crippen LogP) is 2.65. The van der Waals surface area contributed by atoms with E-state index in [-0.39, 0.29) is 5.97 Å². The molecule has 2 aromatic rings. The number of nitrogens with zero attached hydrogens (tertiary/aromatic N) is 3. The number of aromatic nitrogens is 3. The Morgan fingerprint density at radius 1 is 1.45 bits per heavy atom. The molecule has 1 aromatic heterocycles. The van der Waals surface area contributed by atoms with Crippen molar-refractivity contribution in [3.63, 3.8) is 0 Å². The van der Waals surface area contributed by atoms with E-state index in [1.807, 2.05) is 13.0 Å². The zero-order valence-corrected chi connectivity index (χ0v) is 12.2. The number of ether oxygens (including phenoxy) is 1. The van der Waals surface area contributed by atoms with Crippen molar-refractivity contribution in [2.24, 2.45) is 0 Å². The largest absolute Gasteiger partial charge is 0.465 e. The zero-order valence-electron chi connectivity index (χ0n) is 11.4. The summed E-state index contributed by atoms with van der Waals surface area (Å²) in [4.78, 5) is 16.5. The first-order chi connectivity index (χ1) is 9.67. The lowest BCUT2D eigenvalue weighted by atomic mass is 9.98. The van der Waals surface area contributed by atoms with Crippen LogP contribution in [-0.4, -0.2) is 27.3 Å². The molecular weight excluding hydrogens is 278 g/mol. The molecule has 1 atom stereocenters. The van der Waals surface area contributed by atoms with Crippen LogP contribution in [0.25, 0.3) is 0 Å². The highest BCUT2D eigenvalue weighted by Crippen LogP contribution is 2.26. The van der Waals surface area contributed by atoms with Gasteiger partial charge in [0, 0.05) is 11.6 Å². The van der Waals surface area contributed by atoms with Crippen molar-refractivity contribution >= 4 is 17.6 Å². The Morgan fingerprint density at radius 3 is 2.90 bits per heavy atom. The summed E-state index contributed by atoms with van der Waals surface area (Å²) >= 11 is 6.01. The van der Waals surface area contributed by atoms with Crippen molar-refractivity contribution in [3.8, 4) is 0 Å². The Bertz CT molecular complexity index is 598. The fourth-order valence-electron chi connectivity index (χ4n) is 2.04. The van der Waals surface area contributed by atoms with E-state index >= 15 is 0 Å². The zero-order chi connectivity index (χ0) is 14.5. The molecule has 5 nitrogen and oxygen atoms in total. The Labute approximate surface area is 122 Å². The van der Waals surface area contributed by atoms with Gasteiger partial charge in [-0.05, 0) is 31.5 Å². The number of aryl methyl sites for hydroxylation is 1. The maximum absolute atomic E-state index is 12.3. The van der Waals surface area contributed by atoms with Gasteiger partial charge < -0.3 is 4.74 Å². The lowest BCUT2D eigenvalue weighted by Gasteiger charge is -2.16. The predicted molar refractivity (Wildman–Crippen MR) is 75.6 cm³/mol. The maximum Gasteiger partial charge on any atom is 0.321 e. The average molecular weight is 294 g/mol. The van der Waals surface area contributed by atoms with E-state index in [0.717, 1.165) is 5.56 Å². The first-order valence-corrected chi connectivity index (χ1v) is 6.85. The van der Waals surface area contributed by atoms with E-state index < -0.39 is 5.92 Å². The minimum absolute atomic E-state index is 0.316. The second-order valence-electron chi connectivity index (χ2n) is 4.17. The van der Waals surface area contributed by atoms with Crippen LogP contribution in [0.2, 0.25) is 5.02 Å². The fraction of sp³-hybridized carbons (Fsp3) is 0.357. The minimum atomic E-state index is -0.615. The highest BCUT2D eigenvalue weighted by Gasteiger charge is 2.28. The molecule has 20 heavy (non-hydrogen) atoms. The first kappa shape index (κ1) is 14.5. The molecule has 0 aliphatic rings. The van der Waals surface area contributed by atoms with E-state index in [1.54, 1.807) is 29.8 Å². The highest BCUT2D eigenvalue weighted by molar-refractivity contribution is 6.30. The number of benzene rings is 1. The van der Waals surface area contributed by atoms with Gasteiger partial charge in [0.1, 0.15) is 18.1 Å². The molecule has 0 spiro atoms. The molecule has 0 aliphatic heterocycles. The monoisotopic (exact) mass is 293 g/mol. The summed E-state index contributed by atoms with van der Waals surface area (Å²) in [6.07, 6.45) is 1.44. The quantitative estimate of drug-likeness (QED) is 0.795. The van der Waals surface area contributed by atoms with Crippen molar-refractivity contribution in [1.82, 2.24) is 14.8 Å². The van der Waals surface area contributed by atoms with E-state index in [4.69, 9.17) is 16.3 Å². The molecule has 0 aliphatic carbocycles. The SMILES string of the molecule is CCOC(=O)C(c1cccc(Cl)c1)c1ncnn1CC. The Morgan fingerprint density at radius 2 is 2.25 bits per heavy atom. The van der Waals surface area contributed by atoms with Crippen LogP contribution in [0.1, 0.15) is 31.2 Å². The maximum atomic E-state index is 12.3. The van der Waals surface area contributed by atoms with Gasteiger partial charge in [0.25, 0.3) is 0 Å². The third-order valence-electron chi connectivity index (χ3n) is 2.91. The summed E-state index contributed by atoms with van der Waals surface area (Å²) in [7, 11) is 0. The molecule has 0 saturated heterocycles. The second-order valence-corrected chi connectivity index (χ2v) is 4.61. The summed E-state index contributed by atoms with van der Waals surface area (Å²) in [5.41, 5.74) is 0.749. The van der Waals surface area contributed by atoms with Gasteiger partial charge in [0.15, 0.2) is 0 Å². The molecule has 0 N–H and O–H groups in total. The second kappa shape index (κ2) is 6.52. The van der Waals surface area contributed by atoms with Crippen molar-refractivity contribution < 1.29 is 9.53 Å².